The van der Waals surface area contributed by atoms with Crippen LogP contribution in [0.2, 0.25) is 0 Å². The number of nitrogens with one attached hydrogen (secondary N) is 1. The molecule has 0 heterocycles. The van der Waals surface area contributed by atoms with Crippen molar-refractivity contribution in [1.82, 2.24) is 5.32 Å². The maximum atomic E-state index is 12.2. The van der Waals surface area contributed by atoms with E-state index in [4.69, 9.17) is 4.74 Å². The van der Waals surface area contributed by atoms with E-state index in [-0.39, 0.29) is 29.2 Å². The van der Waals surface area contributed by atoms with Crippen LogP contribution in [-0.2, 0) is 16.1 Å². The van der Waals surface area contributed by atoms with Crippen LogP contribution in [-0.4, -0.2) is 23.6 Å². The van der Waals surface area contributed by atoms with Crippen LogP contribution in [0.25, 0.3) is 0 Å². The lowest BCUT2D eigenvalue weighted by Crippen LogP contribution is -2.31. The lowest BCUT2D eigenvalue weighted by molar-refractivity contribution is -0.153. The first kappa shape index (κ1) is 17.8. The van der Waals surface area contributed by atoms with E-state index < -0.39 is 11.1 Å². The van der Waals surface area contributed by atoms with Crippen molar-refractivity contribution >= 4 is 17.7 Å². The van der Waals surface area contributed by atoms with E-state index in [1.165, 1.54) is 12.1 Å². The molecule has 0 bridgehead atoms. The molecule has 0 spiro atoms. The lowest BCUT2D eigenvalue weighted by atomic mass is 10.2. The maximum absolute atomic E-state index is 12.2. The number of thioether (sulfide) groups is 1. The number of benzene rings is 1. The Hall–Kier alpha value is -1.21. The molecule has 3 nitrogen and oxygen atoms in total. The fourth-order valence-electron chi connectivity index (χ4n) is 1.50. The minimum atomic E-state index is -4.28. The maximum Gasteiger partial charge on any atom is 0.446 e. The SMILES string of the molecule is CC(C)(C)OC(=O)CNCc1ccc(SC(F)(F)F)cc1. The van der Waals surface area contributed by atoms with Gasteiger partial charge in [0, 0.05) is 11.4 Å². The van der Waals surface area contributed by atoms with Crippen molar-refractivity contribution in [3.8, 4) is 0 Å². The molecule has 21 heavy (non-hydrogen) atoms. The summed E-state index contributed by atoms with van der Waals surface area (Å²) in [5, 5.41) is 2.89. The molecule has 0 unspecified atom stereocenters. The van der Waals surface area contributed by atoms with Gasteiger partial charge in [-0.3, -0.25) is 4.79 Å². The average Bonchev–Trinajstić information content (AvgIpc) is 2.27. The Bertz CT molecular complexity index is 467. The van der Waals surface area contributed by atoms with E-state index in [0.717, 1.165) is 5.56 Å². The molecule has 118 valence electrons. The average molecular weight is 321 g/mol. The summed E-state index contributed by atoms with van der Waals surface area (Å²) in [4.78, 5) is 11.6. The van der Waals surface area contributed by atoms with Crippen molar-refractivity contribution in [2.45, 2.75) is 43.3 Å². The summed E-state index contributed by atoms with van der Waals surface area (Å²) in [6.45, 7) is 5.78. The highest BCUT2D eigenvalue weighted by molar-refractivity contribution is 8.00. The second-order valence-electron chi connectivity index (χ2n) is 5.38. The number of halogens is 3. The highest BCUT2D eigenvalue weighted by atomic mass is 32.2. The molecule has 0 aromatic heterocycles. The van der Waals surface area contributed by atoms with Gasteiger partial charge in [-0.1, -0.05) is 12.1 Å². The summed E-state index contributed by atoms with van der Waals surface area (Å²) >= 11 is -0.150. The van der Waals surface area contributed by atoms with Crippen molar-refractivity contribution in [2.24, 2.45) is 0 Å². The molecule has 1 aromatic rings. The number of carbonyl (C=O) groups excluding carboxylic acids is 1. The number of alkyl halides is 3. The highest BCUT2D eigenvalue weighted by Crippen LogP contribution is 2.36. The number of hydrogen-bond acceptors (Lipinski definition) is 4. The molecule has 0 atom stereocenters. The van der Waals surface area contributed by atoms with Crippen LogP contribution in [0.3, 0.4) is 0 Å². The topological polar surface area (TPSA) is 38.3 Å². The molecule has 7 heteroatoms. The van der Waals surface area contributed by atoms with Gasteiger partial charge in [-0.25, -0.2) is 0 Å². The van der Waals surface area contributed by atoms with Gasteiger partial charge >= 0.3 is 11.5 Å². The summed E-state index contributed by atoms with van der Waals surface area (Å²) in [5.74, 6) is -0.369. The van der Waals surface area contributed by atoms with Crippen LogP contribution in [0.15, 0.2) is 29.2 Å². The van der Waals surface area contributed by atoms with Crippen molar-refractivity contribution in [3.63, 3.8) is 0 Å². The summed E-state index contributed by atoms with van der Waals surface area (Å²) in [6.07, 6.45) is 0. The zero-order valence-corrected chi connectivity index (χ0v) is 12.9. The molecule has 0 radical (unpaired) electrons. The molecule has 1 rings (SSSR count). The Morgan fingerprint density at radius 2 is 1.76 bits per heavy atom. The van der Waals surface area contributed by atoms with E-state index in [1.54, 1.807) is 32.9 Å². The Kier molecular flexibility index (Phi) is 6.10. The van der Waals surface area contributed by atoms with Gasteiger partial charge in [0.05, 0.1) is 6.54 Å². The van der Waals surface area contributed by atoms with Gasteiger partial charge in [0.2, 0.25) is 0 Å². The molecule has 0 fully saturated rings. The predicted octanol–water partition coefficient (Wildman–Crippen LogP) is 3.73. The van der Waals surface area contributed by atoms with Crippen molar-refractivity contribution in [3.05, 3.63) is 29.8 Å². The summed E-state index contributed by atoms with van der Waals surface area (Å²) in [7, 11) is 0. The van der Waals surface area contributed by atoms with E-state index in [1.807, 2.05) is 0 Å². The smallest absolute Gasteiger partial charge is 0.446 e. The second-order valence-corrected chi connectivity index (χ2v) is 6.52. The fourth-order valence-corrected chi connectivity index (χ4v) is 2.03. The number of esters is 1. The van der Waals surface area contributed by atoms with Crippen molar-refractivity contribution in [1.29, 1.82) is 0 Å². The molecular weight excluding hydrogens is 303 g/mol. The zero-order chi connectivity index (χ0) is 16.1. The summed E-state index contributed by atoms with van der Waals surface area (Å²) < 4.78 is 41.6. The van der Waals surface area contributed by atoms with Gasteiger partial charge in [0.25, 0.3) is 0 Å². The van der Waals surface area contributed by atoms with Crippen LogP contribution < -0.4 is 5.32 Å². The van der Waals surface area contributed by atoms with Gasteiger partial charge in [-0.15, -0.1) is 0 Å². The van der Waals surface area contributed by atoms with Crippen molar-refractivity contribution in [2.75, 3.05) is 6.54 Å². The lowest BCUT2D eigenvalue weighted by Gasteiger charge is -2.19. The molecule has 0 saturated heterocycles. The Balaban J connectivity index is 2.38. The first-order chi connectivity index (χ1) is 9.55. The molecule has 1 N–H and O–H groups in total. The largest absolute Gasteiger partial charge is 0.459 e. The Morgan fingerprint density at radius 3 is 2.24 bits per heavy atom. The molecule has 0 aliphatic heterocycles. The standard InChI is InChI=1S/C14H18F3NO2S/c1-13(2,3)20-12(19)9-18-8-10-4-6-11(7-5-10)21-14(15,16)17/h4-7,18H,8-9H2,1-3H3. The molecule has 0 aliphatic rings. The van der Waals surface area contributed by atoms with Gasteiger partial charge in [0.15, 0.2) is 0 Å². The predicted molar refractivity (Wildman–Crippen MR) is 75.9 cm³/mol. The van der Waals surface area contributed by atoms with E-state index >= 15 is 0 Å². The van der Waals surface area contributed by atoms with Gasteiger partial charge in [-0.2, -0.15) is 13.2 Å². The summed E-state index contributed by atoms with van der Waals surface area (Å²) in [6, 6.07) is 6.00. The molecule has 1 aromatic carbocycles. The molecule has 0 amide bonds. The minimum Gasteiger partial charge on any atom is -0.459 e. The quantitative estimate of drug-likeness (QED) is 0.662. The van der Waals surface area contributed by atoms with Gasteiger partial charge < -0.3 is 10.1 Å². The number of carbonyl (C=O) groups is 1. The highest BCUT2D eigenvalue weighted by Gasteiger charge is 2.28. The summed E-state index contributed by atoms with van der Waals surface area (Å²) in [5.41, 5.74) is -4.02. The normalized spacial score (nSPS) is 12.3. The third-order valence-corrected chi connectivity index (χ3v) is 2.91. The third kappa shape index (κ3) is 8.62. The van der Waals surface area contributed by atoms with Crippen LogP contribution in [0, 0.1) is 0 Å². The van der Waals surface area contributed by atoms with Crippen LogP contribution in [0.4, 0.5) is 13.2 Å². The first-order valence-electron chi connectivity index (χ1n) is 6.32. The Labute approximate surface area is 126 Å². The van der Waals surface area contributed by atoms with Crippen LogP contribution in [0.1, 0.15) is 26.3 Å². The Morgan fingerprint density at radius 1 is 1.19 bits per heavy atom. The monoisotopic (exact) mass is 321 g/mol. The minimum absolute atomic E-state index is 0.0519. The third-order valence-electron chi connectivity index (χ3n) is 2.18. The number of ether oxygens (including phenoxy) is 1. The molecule has 0 aliphatic carbocycles. The second kappa shape index (κ2) is 7.17. The van der Waals surface area contributed by atoms with Crippen molar-refractivity contribution < 1.29 is 22.7 Å². The van der Waals surface area contributed by atoms with E-state index in [2.05, 4.69) is 5.32 Å². The van der Waals surface area contributed by atoms with Gasteiger partial charge in [0.1, 0.15) is 5.60 Å². The first-order valence-corrected chi connectivity index (χ1v) is 7.14. The number of hydrogen-bond donors (Lipinski definition) is 1. The van der Waals surface area contributed by atoms with Crippen LogP contribution >= 0.6 is 11.8 Å². The number of rotatable bonds is 5. The fraction of sp³-hybridized carbons (Fsp3) is 0.500. The van der Waals surface area contributed by atoms with Crippen LogP contribution in [0.5, 0.6) is 0 Å². The molecular formula is C14H18F3NO2S. The van der Waals surface area contributed by atoms with E-state index in [9.17, 15) is 18.0 Å². The van der Waals surface area contributed by atoms with Gasteiger partial charge in [-0.05, 0) is 50.2 Å². The van der Waals surface area contributed by atoms with E-state index in [0.29, 0.717) is 6.54 Å². The molecule has 0 saturated carbocycles. The zero-order valence-electron chi connectivity index (χ0n) is 12.1.